The number of carbonyl (C=O) groups excluding carboxylic acids is 1. The van der Waals surface area contributed by atoms with Crippen molar-refractivity contribution in [3.05, 3.63) is 89.5 Å². The summed E-state index contributed by atoms with van der Waals surface area (Å²) in [4.78, 5) is 14.6. The third-order valence-electron chi connectivity index (χ3n) is 5.50. The molecule has 0 saturated carbocycles. The maximum atomic E-state index is 13.1. The average molecular weight is 453 g/mol. The van der Waals surface area contributed by atoms with Crippen molar-refractivity contribution in [2.45, 2.75) is 31.2 Å². The number of hydrogen-bond acceptors (Lipinski definition) is 4. The zero-order valence-corrected chi connectivity index (χ0v) is 19.5. The van der Waals surface area contributed by atoms with Crippen LogP contribution in [0.25, 0.3) is 0 Å². The number of aryl methyl sites for hydroxylation is 1. The average Bonchev–Trinajstić information content (AvgIpc) is 2.83. The Balaban J connectivity index is 1.91. The molecule has 3 rings (SSSR count). The number of rotatable bonds is 8. The molecule has 32 heavy (non-hydrogen) atoms. The number of carbonyl (C=O) groups is 1. The Morgan fingerprint density at radius 1 is 1.03 bits per heavy atom. The minimum Gasteiger partial charge on any atom is -0.495 e. The first kappa shape index (κ1) is 23.3. The molecule has 168 valence electrons. The smallest absolute Gasteiger partial charge is 0.265 e. The molecule has 0 aliphatic heterocycles. The van der Waals surface area contributed by atoms with Crippen molar-refractivity contribution in [3.63, 3.8) is 0 Å². The summed E-state index contributed by atoms with van der Waals surface area (Å²) in [6.07, 6.45) is 0.861. The van der Waals surface area contributed by atoms with Gasteiger partial charge in [0.1, 0.15) is 10.6 Å². The van der Waals surface area contributed by atoms with E-state index in [9.17, 15) is 13.2 Å². The second kappa shape index (κ2) is 9.87. The van der Waals surface area contributed by atoms with Gasteiger partial charge in [-0.05, 0) is 54.8 Å². The van der Waals surface area contributed by atoms with Crippen LogP contribution in [0, 0.1) is 0 Å². The minimum atomic E-state index is -3.98. The number of nitrogens with one attached hydrogen (secondary N) is 1. The second-order valence-corrected chi connectivity index (χ2v) is 9.18. The Labute approximate surface area is 189 Å². The highest BCUT2D eigenvalue weighted by Crippen LogP contribution is 2.29. The molecule has 7 heteroatoms. The SMILES string of the molecule is CCc1ccc(NS(=O)(=O)c2cc(C(=O)N(C)C(C)c3ccccc3)ccc2OC)cc1. The van der Waals surface area contributed by atoms with Crippen LogP contribution in [0.5, 0.6) is 5.75 Å². The lowest BCUT2D eigenvalue weighted by Crippen LogP contribution is -2.30. The van der Waals surface area contributed by atoms with E-state index in [-0.39, 0.29) is 28.2 Å². The third-order valence-corrected chi connectivity index (χ3v) is 6.90. The third kappa shape index (κ3) is 5.11. The first-order valence-electron chi connectivity index (χ1n) is 10.4. The van der Waals surface area contributed by atoms with Gasteiger partial charge >= 0.3 is 0 Å². The van der Waals surface area contributed by atoms with E-state index in [0.29, 0.717) is 5.69 Å². The summed E-state index contributed by atoms with van der Waals surface area (Å²) in [6, 6.07) is 21.1. The fraction of sp³-hybridized carbons (Fsp3) is 0.240. The number of amides is 1. The summed E-state index contributed by atoms with van der Waals surface area (Å²) < 4.78 is 34.1. The van der Waals surface area contributed by atoms with Gasteiger partial charge in [0.25, 0.3) is 15.9 Å². The van der Waals surface area contributed by atoms with Crippen molar-refractivity contribution in [1.82, 2.24) is 4.90 Å². The van der Waals surface area contributed by atoms with E-state index in [2.05, 4.69) is 4.72 Å². The zero-order valence-electron chi connectivity index (χ0n) is 18.7. The monoisotopic (exact) mass is 452 g/mol. The highest BCUT2D eigenvalue weighted by molar-refractivity contribution is 7.92. The van der Waals surface area contributed by atoms with Gasteiger partial charge in [-0.3, -0.25) is 9.52 Å². The molecular formula is C25H28N2O4S. The first-order valence-corrected chi connectivity index (χ1v) is 11.9. The summed E-state index contributed by atoms with van der Waals surface area (Å²) in [6.45, 7) is 3.96. The van der Waals surface area contributed by atoms with Gasteiger partial charge in [0.05, 0.1) is 13.2 Å². The van der Waals surface area contributed by atoms with Crippen LogP contribution in [0.2, 0.25) is 0 Å². The molecule has 3 aromatic carbocycles. The Morgan fingerprint density at radius 3 is 2.28 bits per heavy atom. The molecule has 1 unspecified atom stereocenters. The quantitative estimate of drug-likeness (QED) is 0.528. The highest BCUT2D eigenvalue weighted by Gasteiger charge is 2.25. The lowest BCUT2D eigenvalue weighted by molar-refractivity contribution is 0.0742. The summed E-state index contributed by atoms with van der Waals surface area (Å²) in [7, 11) is -0.877. The normalized spacial score (nSPS) is 12.1. The molecule has 1 amide bonds. The van der Waals surface area contributed by atoms with Crippen LogP contribution in [-0.4, -0.2) is 33.4 Å². The van der Waals surface area contributed by atoms with E-state index >= 15 is 0 Å². The van der Waals surface area contributed by atoms with E-state index < -0.39 is 10.0 Å². The lowest BCUT2D eigenvalue weighted by Gasteiger charge is -2.26. The maximum Gasteiger partial charge on any atom is 0.265 e. The second-order valence-electron chi connectivity index (χ2n) is 7.52. The van der Waals surface area contributed by atoms with Gasteiger partial charge in [0.15, 0.2) is 0 Å². The molecule has 1 atom stereocenters. The number of sulfonamides is 1. The molecule has 6 nitrogen and oxygen atoms in total. The van der Waals surface area contributed by atoms with Crippen molar-refractivity contribution < 1.29 is 17.9 Å². The molecule has 0 saturated heterocycles. The molecule has 0 bridgehead atoms. The van der Waals surface area contributed by atoms with Crippen LogP contribution >= 0.6 is 0 Å². The van der Waals surface area contributed by atoms with Crippen LogP contribution in [0.1, 0.15) is 41.4 Å². The fourth-order valence-corrected chi connectivity index (χ4v) is 4.63. The molecule has 0 radical (unpaired) electrons. The van der Waals surface area contributed by atoms with E-state index in [4.69, 9.17) is 4.74 Å². The van der Waals surface area contributed by atoms with Gasteiger partial charge in [-0.2, -0.15) is 0 Å². The number of methoxy groups -OCH3 is 1. The highest BCUT2D eigenvalue weighted by atomic mass is 32.2. The van der Waals surface area contributed by atoms with Gasteiger partial charge in [0, 0.05) is 18.3 Å². The maximum absolute atomic E-state index is 13.1. The Hall–Kier alpha value is -3.32. The number of anilines is 1. The minimum absolute atomic E-state index is 0.0915. The molecule has 3 aromatic rings. The predicted molar refractivity (Wildman–Crippen MR) is 127 cm³/mol. The molecule has 0 spiro atoms. The summed E-state index contributed by atoms with van der Waals surface area (Å²) in [5.74, 6) is -0.120. The Bertz CT molecular complexity index is 1180. The number of benzene rings is 3. The van der Waals surface area contributed by atoms with Crippen LogP contribution in [-0.2, 0) is 16.4 Å². The summed E-state index contributed by atoms with van der Waals surface area (Å²) in [5, 5.41) is 0. The fourth-order valence-electron chi connectivity index (χ4n) is 3.37. The van der Waals surface area contributed by atoms with Crippen LogP contribution < -0.4 is 9.46 Å². The van der Waals surface area contributed by atoms with E-state index in [1.54, 1.807) is 30.1 Å². The summed E-state index contributed by atoms with van der Waals surface area (Å²) in [5.41, 5.74) is 2.80. The van der Waals surface area contributed by atoms with Crippen LogP contribution in [0.4, 0.5) is 5.69 Å². The lowest BCUT2D eigenvalue weighted by atomic mass is 10.1. The molecule has 1 N–H and O–H groups in total. The van der Waals surface area contributed by atoms with Gasteiger partial charge < -0.3 is 9.64 Å². The number of hydrogen-bond donors (Lipinski definition) is 1. The Kier molecular flexibility index (Phi) is 7.20. The van der Waals surface area contributed by atoms with Crippen molar-refractivity contribution in [3.8, 4) is 5.75 Å². The van der Waals surface area contributed by atoms with E-state index in [1.807, 2.05) is 56.3 Å². The summed E-state index contributed by atoms with van der Waals surface area (Å²) >= 11 is 0. The van der Waals surface area contributed by atoms with E-state index in [0.717, 1.165) is 17.5 Å². The molecule has 0 aliphatic rings. The molecule has 0 aromatic heterocycles. The van der Waals surface area contributed by atoms with Crippen molar-refractivity contribution in [2.24, 2.45) is 0 Å². The van der Waals surface area contributed by atoms with Crippen LogP contribution in [0.15, 0.2) is 77.7 Å². The molecule has 0 heterocycles. The van der Waals surface area contributed by atoms with Crippen molar-refractivity contribution in [2.75, 3.05) is 18.9 Å². The number of nitrogens with zero attached hydrogens (tertiary/aromatic N) is 1. The van der Waals surface area contributed by atoms with Gasteiger partial charge in [-0.15, -0.1) is 0 Å². The first-order chi connectivity index (χ1) is 15.3. The van der Waals surface area contributed by atoms with Crippen molar-refractivity contribution >= 4 is 21.6 Å². The molecule has 0 fully saturated rings. The van der Waals surface area contributed by atoms with E-state index in [1.165, 1.54) is 19.2 Å². The van der Waals surface area contributed by atoms with Crippen LogP contribution in [0.3, 0.4) is 0 Å². The Morgan fingerprint density at radius 2 is 1.69 bits per heavy atom. The zero-order chi connectivity index (χ0) is 23.3. The molecule has 0 aliphatic carbocycles. The number of ether oxygens (including phenoxy) is 1. The van der Waals surface area contributed by atoms with Gasteiger partial charge in [-0.1, -0.05) is 49.4 Å². The standard InChI is InChI=1S/C25H28N2O4S/c1-5-19-11-14-22(15-12-19)26-32(29,30)24-17-21(13-16-23(24)31-4)25(28)27(3)18(2)20-9-7-6-8-10-20/h6-18,26H,5H2,1-4H3. The van der Waals surface area contributed by atoms with Gasteiger partial charge in [-0.25, -0.2) is 8.42 Å². The molecular weight excluding hydrogens is 424 g/mol. The topological polar surface area (TPSA) is 75.7 Å². The predicted octanol–water partition coefficient (Wildman–Crippen LogP) is 4.89. The largest absolute Gasteiger partial charge is 0.495 e. The van der Waals surface area contributed by atoms with Crippen molar-refractivity contribution in [1.29, 1.82) is 0 Å². The van der Waals surface area contributed by atoms with Gasteiger partial charge in [0.2, 0.25) is 0 Å².